The maximum Gasteiger partial charge on any atom is 0.0870 e. The molecule has 0 heterocycles. The van der Waals surface area contributed by atoms with Gasteiger partial charge in [-0.25, -0.2) is 0 Å². The van der Waals surface area contributed by atoms with Crippen LogP contribution < -0.4 is 20.4 Å². The molecule has 0 aliphatic carbocycles. The van der Waals surface area contributed by atoms with Gasteiger partial charge in [0.2, 0.25) is 0 Å². The molecule has 1 radical (unpaired) electrons. The van der Waals surface area contributed by atoms with Crippen LogP contribution in [0, 0.1) is 0 Å². The first-order valence-corrected chi connectivity index (χ1v) is 1.68. The van der Waals surface area contributed by atoms with E-state index in [1.807, 2.05) is 0 Å². The number of carbonyl (C=O) groups is 3. The summed E-state index contributed by atoms with van der Waals surface area (Å²) in [5, 5.41) is 34.5. The molecule has 0 N–H and O–H groups in total. The second-order valence-electron chi connectivity index (χ2n) is 0.825. The van der Waals surface area contributed by atoms with Crippen LogP contribution in [0.25, 0.3) is 0 Å². The Balaban J connectivity index is -0.000000114. The third-order valence-corrected chi connectivity index (χ3v) is 0.167. The topological polar surface area (TPSA) is 143 Å². The molecule has 0 aromatic rings. The van der Waals surface area contributed by atoms with Crippen molar-refractivity contribution in [2.75, 3.05) is 0 Å². The first kappa shape index (κ1) is 16.4. The first-order valence-electron chi connectivity index (χ1n) is 1.68. The Hall–Kier alpha value is -1.28. The fourth-order valence-corrected chi connectivity index (χ4v) is 0. The summed E-state index contributed by atoms with van der Waals surface area (Å²) in [5.41, 5.74) is 0. The Bertz CT molecular complexity index is 136. The number of hydrogen-bond acceptors (Lipinski definition) is 7. The van der Waals surface area contributed by atoms with Crippen molar-refractivity contribution in [2.45, 2.75) is 0 Å². The van der Waals surface area contributed by atoms with Gasteiger partial charge < -0.3 is 34.8 Å². The van der Waals surface area contributed by atoms with E-state index in [2.05, 4.69) is 0 Å². The van der Waals surface area contributed by atoms with Crippen LogP contribution in [-0.4, -0.2) is 18.1 Å². The normalized spacial score (nSPS) is 6.18. The largest absolute Gasteiger partial charge is 0.652 e. The Kier molecular flexibility index (Phi) is 13.0. The van der Waals surface area contributed by atoms with Gasteiger partial charge in [-0.1, -0.05) is 0 Å². The fourth-order valence-electron chi connectivity index (χ4n) is 0. The minimum atomic E-state index is -2.33. The third-order valence-electron chi connectivity index (χ3n) is 0.167. The molecule has 0 amide bonds. The minimum Gasteiger partial charge on any atom is -0.652 e. The van der Waals surface area contributed by atoms with Crippen molar-refractivity contribution in [1.82, 2.24) is 0 Å². The van der Waals surface area contributed by atoms with Crippen molar-refractivity contribution >= 4 is 18.1 Å². The second-order valence-corrected chi connectivity index (χ2v) is 0.825. The molecule has 0 aromatic carbocycles. The number of carbonyl (C=O) groups excluding carboxylic acids is 3. The smallest absolute Gasteiger partial charge is 0.0870 e. The van der Waals surface area contributed by atoms with E-state index in [0.29, 0.717) is 0 Å². The van der Waals surface area contributed by atoms with Crippen LogP contribution in [0.3, 0.4) is 0 Å². The van der Waals surface area contributed by atoms with E-state index in [9.17, 15) is 0 Å². The fraction of sp³-hybridized carbons (Fsp3) is 0. The van der Waals surface area contributed by atoms with Crippen LogP contribution in [0.4, 0.5) is 4.79 Å². The van der Waals surface area contributed by atoms with Gasteiger partial charge in [-0.3, -0.25) is 0 Å². The predicted molar refractivity (Wildman–Crippen MR) is 15.4 cm³/mol. The van der Waals surface area contributed by atoms with Gasteiger partial charge in [0.1, 0.15) is 0 Å². The number of rotatable bonds is 0. The zero-order chi connectivity index (χ0) is 8.73. The van der Waals surface area contributed by atoms with Gasteiger partial charge in [0, 0.05) is 16.8 Å². The Morgan fingerprint density at radius 1 is 0.727 bits per heavy atom. The van der Waals surface area contributed by atoms with Crippen molar-refractivity contribution in [3.63, 3.8) is 0 Å². The van der Waals surface area contributed by atoms with Crippen LogP contribution in [0.2, 0.25) is 0 Å². The van der Waals surface area contributed by atoms with Crippen LogP contribution in [-0.2, 0) is 26.4 Å². The number of aliphatic carboxylic acids is 2. The van der Waals surface area contributed by atoms with Crippen LogP contribution in [0.1, 0.15) is 0 Å². The number of hydrogen-bond donors (Lipinski definition) is 0. The maximum atomic E-state index is 8.93. The van der Waals surface area contributed by atoms with Gasteiger partial charge >= 0.3 is 0 Å². The molecule has 11 heavy (non-hydrogen) atoms. The average molecular weight is 207 g/mol. The maximum absolute atomic E-state index is 8.93. The average Bonchev–Trinajstić information content (AvgIpc) is 1.63. The number of carboxylic acid groups (broad SMARTS) is 4. The second kappa shape index (κ2) is 8.72. The number of carboxylic acids is 2. The van der Waals surface area contributed by atoms with Crippen LogP contribution in [0.15, 0.2) is 0 Å². The molecule has 0 bridgehead atoms. The summed E-state index contributed by atoms with van der Waals surface area (Å²) < 4.78 is 0. The van der Waals surface area contributed by atoms with E-state index in [1.54, 1.807) is 0 Å². The van der Waals surface area contributed by atoms with Gasteiger partial charge in [-0.05, 0) is 6.16 Å². The molecule has 0 saturated heterocycles. The van der Waals surface area contributed by atoms with Gasteiger partial charge in [-0.15, -0.1) is 0 Å². The van der Waals surface area contributed by atoms with E-state index in [1.165, 1.54) is 0 Å². The summed E-state index contributed by atoms with van der Waals surface area (Å²) in [4.78, 5) is 26.2. The molecular weight excluding hydrogens is 207 g/mol. The molecule has 0 aliphatic heterocycles. The molecule has 0 unspecified atom stereocenters. The quantitative estimate of drug-likeness (QED) is 0.359. The van der Waals surface area contributed by atoms with Crippen LogP contribution in [0.5, 0.6) is 0 Å². The summed E-state index contributed by atoms with van der Waals surface area (Å²) in [6.45, 7) is 0. The van der Waals surface area contributed by atoms with Crippen molar-refractivity contribution in [1.29, 1.82) is 0 Å². The molecule has 7 nitrogen and oxygen atoms in total. The van der Waals surface area contributed by atoms with Crippen molar-refractivity contribution < 1.29 is 51.6 Å². The summed E-state index contributed by atoms with van der Waals surface area (Å²) in [6, 6.07) is 0. The molecule has 0 rings (SSSR count). The first-order chi connectivity index (χ1) is 4.37. The van der Waals surface area contributed by atoms with E-state index in [-0.39, 0.29) is 16.8 Å². The van der Waals surface area contributed by atoms with Crippen LogP contribution >= 0.6 is 0 Å². The van der Waals surface area contributed by atoms with Crippen molar-refractivity contribution in [3.05, 3.63) is 0 Å². The Labute approximate surface area is 70.5 Å². The van der Waals surface area contributed by atoms with Gasteiger partial charge in [-0.2, -0.15) is 0 Å². The summed E-state index contributed by atoms with van der Waals surface area (Å²) >= 11 is 0. The molecule has 0 fully saturated rings. The summed E-state index contributed by atoms with van der Waals surface area (Å²) in [7, 11) is 0. The minimum absolute atomic E-state index is 0. The van der Waals surface area contributed by atoms with E-state index < -0.39 is 18.1 Å². The third kappa shape index (κ3) is 53.3. The molecule has 0 spiro atoms. The monoisotopic (exact) mass is 207 g/mol. The standard InChI is InChI=1S/C2H2O4.CH2O3.Co/c3-1(4)2(5)6;2-1(3)4;/h(H,3,4)(H,5,6);(H2,2,3,4);/p-4. The Morgan fingerprint density at radius 2 is 0.818 bits per heavy atom. The molecule has 0 saturated carbocycles. The van der Waals surface area contributed by atoms with E-state index >= 15 is 0 Å². The molecule has 0 aromatic heterocycles. The van der Waals surface area contributed by atoms with E-state index in [0.717, 1.165) is 0 Å². The summed E-state index contributed by atoms with van der Waals surface area (Å²) in [6.07, 6.45) is -2.33. The molecular formula is C3CoO7-4. The van der Waals surface area contributed by atoms with Gasteiger partial charge in [0.05, 0.1) is 11.9 Å². The molecule has 0 aliphatic rings. The Morgan fingerprint density at radius 3 is 0.818 bits per heavy atom. The SMILES string of the molecule is O=C([O-])C(=O)[O-].O=C([O-])[O-].[Co]. The molecule has 0 atom stereocenters. The zero-order valence-corrected chi connectivity index (χ0v) is 5.73. The van der Waals surface area contributed by atoms with Gasteiger partial charge in [0.15, 0.2) is 0 Å². The summed E-state index contributed by atoms with van der Waals surface area (Å²) in [5.74, 6) is -4.37. The zero-order valence-electron chi connectivity index (χ0n) is 4.69. The van der Waals surface area contributed by atoms with Crippen molar-refractivity contribution in [3.8, 4) is 0 Å². The predicted octanol–water partition coefficient (Wildman–Crippen LogP) is -5.96. The van der Waals surface area contributed by atoms with E-state index in [4.69, 9.17) is 34.8 Å². The molecule has 8 heteroatoms. The van der Waals surface area contributed by atoms with Crippen molar-refractivity contribution in [2.24, 2.45) is 0 Å². The molecule has 67 valence electrons. The van der Waals surface area contributed by atoms with Gasteiger partial charge in [0.25, 0.3) is 0 Å².